The van der Waals surface area contributed by atoms with E-state index in [-0.39, 0.29) is 12.2 Å². The maximum absolute atomic E-state index is 13.1. The molecule has 1 heterocycles. The fourth-order valence-corrected chi connectivity index (χ4v) is 2.05. The van der Waals surface area contributed by atoms with Crippen molar-refractivity contribution in [3.05, 3.63) is 59.9 Å². The normalized spacial score (nSPS) is 15.6. The Morgan fingerprint density at radius 1 is 1.04 bits per heavy atom. The smallest absolute Gasteiger partial charge is 0.283 e. The molecule has 0 spiro atoms. The lowest BCUT2D eigenvalue weighted by atomic mass is 10.2. The number of hydrazine groups is 1. The monoisotopic (exact) mass is 316 g/mol. The summed E-state index contributed by atoms with van der Waals surface area (Å²) in [7, 11) is 0. The van der Waals surface area contributed by atoms with Gasteiger partial charge in [-0.25, -0.2) is 4.39 Å². The fraction of sp³-hybridized carbons (Fsp3) is 0.125. The van der Waals surface area contributed by atoms with E-state index in [0.29, 0.717) is 11.5 Å². The van der Waals surface area contributed by atoms with Crippen LogP contribution in [0.15, 0.2) is 48.5 Å². The largest absolute Gasteiger partial charge is 0.485 e. The van der Waals surface area contributed by atoms with Crippen LogP contribution in [0.3, 0.4) is 0 Å². The molecule has 0 radical (unpaired) electrons. The highest BCUT2D eigenvalue weighted by molar-refractivity contribution is 5.95. The van der Waals surface area contributed by atoms with Crippen LogP contribution in [-0.4, -0.2) is 24.5 Å². The second-order valence-corrected chi connectivity index (χ2v) is 4.82. The first-order chi connectivity index (χ1) is 11.1. The molecule has 0 unspecified atom stereocenters. The predicted octanol–water partition coefficient (Wildman–Crippen LogP) is 1.43. The summed E-state index contributed by atoms with van der Waals surface area (Å²) in [5.74, 6) is -0.723. The molecule has 0 aromatic heterocycles. The number of nitrogens with one attached hydrogen (secondary N) is 2. The maximum atomic E-state index is 13.1. The Morgan fingerprint density at radius 3 is 2.61 bits per heavy atom. The summed E-state index contributed by atoms with van der Waals surface area (Å²) in [5, 5.41) is 0. The molecule has 0 saturated carbocycles. The van der Waals surface area contributed by atoms with Gasteiger partial charge >= 0.3 is 0 Å². The summed E-state index contributed by atoms with van der Waals surface area (Å²) in [4.78, 5) is 23.8. The van der Waals surface area contributed by atoms with Crippen molar-refractivity contribution in [1.29, 1.82) is 0 Å². The Labute approximate surface area is 131 Å². The van der Waals surface area contributed by atoms with Crippen molar-refractivity contribution >= 4 is 11.8 Å². The number of hydrogen-bond donors (Lipinski definition) is 2. The van der Waals surface area contributed by atoms with Gasteiger partial charge in [-0.05, 0) is 30.3 Å². The molecule has 3 rings (SSSR count). The first-order valence-corrected chi connectivity index (χ1v) is 6.88. The van der Waals surface area contributed by atoms with Crippen LogP contribution in [0.25, 0.3) is 0 Å². The van der Waals surface area contributed by atoms with Crippen molar-refractivity contribution in [3.8, 4) is 11.5 Å². The van der Waals surface area contributed by atoms with Gasteiger partial charge in [-0.3, -0.25) is 20.4 Å². The number of carbonyl (C=O) groups is 2. The summed E-state index contributed by atoms with van der Waals surface area (Å²) >= 11 is 0. The van der Waals surface area contributed by atoms with Crippen molar-refractivity contribution in [3.63, 3.8) is 0 Å². The quantitative estimate of drug-likeness (QED) is 0.822. The zero-order chi connectivity index (χ0) is 16.2. The van der Waals surface area contributed by atoms with Gasteiger partial charge in [-0.1, -0.05) is 18.2 Å². The van der Waals surface area contributed by atoms with Gasteiger partial charge in [-0.2, -0.15) is 0 Å². The molecule has 0 saturated heterocycles. The van der Waals surface area contributed by atoms with Gasteiger partial charge in [0.1, 0.15) is 12.4 Å². The van der Waals surface area contributed by atoms with Crippen molar-refractivity contribution < 1.29 is 23.5 Å². The first kappa shape index (κ1) is 14.8. The van der Waals surface area contributed by atoms with E-state index in [4.69, 9.17) is 9.47 Å². The molecule has 0 aliphatic carbocycles. The number of benzene rings is 2. The van der Waals surface area contributed by atoms with Crippen LogP contribution in [0.1, 0.15) is 10.4 Å². The van der Waals surface area contributed by atoms with Gasteiger partial charge in [0.15, 0.2) is 11.5 Å². The minimum absolute atomic E-state index is 0.0265. The molecule has 7 heteroatoms. The number of fused-ring (bicyclic) bond motifs is 1. The fourth-order valence-electron chi connectivity index (χ4n) is 2.05. The van der Waals surface area contributed by atoms with Crippen LogP contribution >= 0.6 is 0 Å². The minimum Gasteiger partial charge on any atom is -0.485 e. The molecule has 2 N–H and O–H groups in total. The third kappa shape index (κ3) is 3.39. The van der Waals surface area contributed by atoms with E-state index >= 15 is 0 Å². The first-order valence-electron chi connectivity index (χ1n) is 6.88. The molecule has 23 heavy (non-hydrogen) atoms. The van der Waals surface area contributed by atoms with Crippen molar-refractivity contribution in [1.82, 2.24) is 10.9 Å². The topological polar surface area (TPSA) is 76.7 Å². The highest BCUT2D eigenvalue weighted by Gasteiger charge is 2.27. The van der Waals surface area contributed by atoms with E-state index in [9.17, 15) is 14.0 Å². The SMILES string of the molecule is O=C(NNC(=O)[C@H]1COc2ccccc2O1)c1cccc(F)c1. The minimum atomic E-state index is -0.891. The summed E-state index contributed by atoms with van der Waals surface area (Å²) in [6.07, 6.45) is -0.891. The highest BCUT2D eigenvalue weighted by atomic mass is 19.1. The Kier molecular flexibility index (Phi) is 4.09. The number of halogens is 1. The summed E-state index contributed by atoms with van der Waals surface area (Å²) in [6.45, 7) is 0.0265. The maximum Gasteiger partial charge on any atom is 0.283 e. The average molecular weight is 316 g/mol. The van der Waals surface area contributed by atoms with Crippen molar-refractivity contribution in [2.75, 3.05) is 6.61 Å². The average Bonchev–Trinajstić information content (AvgIpc) is 2.59. The molecule has 118 valence electrons. The lowest BCUT2D eigenvalue weighted by Gasteiger charge is -2.25. The second-order valence-electron chi connectivity index (χ2n) is 4.82. The van der Waals surface area contributed by atoms with Gasteiger partial charge in [0.05, 0.1) is 0 Å². The summed E-state index contributed by atoms with van der Waals surface area (Å²) < 4.78 is 24.0. The van der Waals surface area contributed by atoms with Crippen LogP contribution in [-0.2, 0) is 4.79 Å². The number of ether oxygens (including phenoxy) is 2. The molecular weight excluding hydrogens is 303 g/mol. The molecular formula is C16H13FN2O4. The Balaban J connectivity index is 1.57. The number of hydrogen-bond acceptors (Lipinski definition) is 4. The predicted molar refractivity (Wildman–Crippen MR) is 78.4 cm³/mol. The van der Waals surface area contributed by atoms with Gasteiger partial charge in [0.25, 0.3) is 11.8 Å². The van der Waals surface area contributed by atoms with Gasteiger partial charge < -0.3 is 9.47 Å². The molecule has 2 amide bonds. The zero-order valence-corrected chi connectivity index (χ0v) is 11.9. The van der Waals surface area contributed by atoms with Crippen molar-refractivity contribution in [2.45, 2.75) is 6.10 Å². The summed E-state index contributed by atoms with van der Waals surface area (Å²) in [5.41, 5.74) is 4.54. The Morgan fingerprint density at radius 2 is 1.83 bits per heavy atom. The summed E-state index contributed by atoms with van der Waals surface area (Å²) in [6, 6.07) is 12.1. The van der Waals surface area contributed by atoms with Gasteiger partial charge in [0.2, 0.25) is 6.10 Å². The molecule has 1 atom stereocenters. The standard InChI is InChI=1S/C16H13FN2O4/c17-11-5-3-4-10(8-11)15(20)18-19-16(21)14-9-22-12-6-1-2-7-13(12)23-14/h1-8,14H,9H2,(H,18,20)(H,19,21)/t14-/m1/s1. The third-order valence-corrected chi connectivity index (χ3v) is 3.19. The number of amides is 2. The van der Waals surface area contributed by atoms with E-state index in [1.807, 2.05) is 0 Å². The Hall–Kier alpha value is -3.09. The number of carbonyl (C=O) groups excluding carboxylic acids is 2. The molecule has 6 nitrogen and oxygen atoms in total. The van der Waals surface area contributed by atoms with Crippen molar-refractivity contribution in [2.24, 2.45) is 0 Å². The van der Waals surface area contributed by atoms with Crippen LogP contribution in [0.5, 0.6) is 11.5 Å². The zero-order valence-electron chi connectivity index (χ0n) is 11.9. The lowest BCUT2D eigenvalue weighted by Crippen LogP contribution is -2.50. The molecule has 1 aliphatic rings. The van der Waals surface area contributed by atoms with Crippen LogP contribution in [0.2, 0.25) is 0 Å². The Bertz CT molecular complexity index is 750. The second kappa shape index (κ2) is 6.35. The lowest BCUT2D eigenvalue weighted by molar-refractivity contribution is -0.131. The van der Waals surface area contributed by atoms with E-state index < -0.39 is 23.7 Å². The van der Waals surface area contributed by atoms with Crippen LogP contribution < -0.4 is 20.3 Å². The number of rotatable bonds is 2. The molecule has 0 bridgehead atoms. The van der Waals surface area contributed by atoms with Gasteiger partial charge in [-0.15, -0.1) is 0 Å². The molecule has 0 fully saturated rings. The third-order valence-electron chi connectivity index (χ3n) is 3.19. The van der Waals surface area contributed by atoms with Gasteiger partial charge in [0, 0.05) is 5.56 Å². The van der Waals surface area contributed by atoms with E-state index in [2.05, 4.69) is 10.9 Å². The molecule has 2 aromatic rings. The van der Waals surface area contributed by atoms with E-state index in [1.165, 1.54) is 18.2 Å². The molecule has 1 aliphatic heterocycles. The number of para-hydroxylation sites is 2. The highest BCUT2D eigenvalue weighted by Crippen LogP contribution is 2.30. The van der Waals surface area contributed by atoms with E-state index in [1.54, 1.807) is 24.3 Å². The van der Waals surface area contributed by atoms with E-state index in [0.717, 1.165) is 6.07 Å². The van der Waals surface area contributed by atoms with Crippen LogP contribution in [0.4, 0.5) is 4.39 Å². The van der Waals surface area contributed by atoms with Crippen LogP contribution in [0, 0.1) is 5.82 Å². The molecule has 2 aromatic carbocycles.